The molecule has 16 heavy (non-hydrogen) atoms. The number of anilines is 1. The van der Waals surface area contributed by atoms with E-state index in [-0.39, 0.29) is 0 Å². The molecule has 0 unspecified atom stereocenters. The summed E-state index contributed by atoms with van der Waals surface area (Å²) in [6, 6.07) is 10.2. The van der Waals surface area contributed by atoms with E-state index in [1.807, 2.05) is 25.2 Å². The topological polar surface area (TPSA) is 43.8 Å². The minimum absolute atomic E-state index is 0.778. The smallest absolute Gasteiger partial charge is 0.125 e. The lowest BCUT2D eigenvalue weighted by molar-refractivity contribution is 0.781. The fourth-order valence-electron chi connectivity index (χ4n) is 1.91. The highest BCUT2D eigenvalue weighted by atomic mass is 15.3. The second kappa shape index (κ2) is 4.39. The van der Waals surface area contributed by atoms with Crippen molar-refractivity contribution in [1.82, 2.24) is 9.78 Å². The van der Waals surface area contributed by atoms with Crippen LogP contribution in [-0.2, 0) is 13.5 Å². The molecule has 0 amide bonds. The van der Waals surface area contributed by atoms with Crippen molar-refractivity contribution in [2.75, 3.05) is 5.73 Å². The van der Waals surface area contributed by atoms with Crippen molar-refractivity contribution in [3.63, 3.8) is 0 Å². The first kappa shape index (κ1) is 10.7. The van der Waals surface area contributed by atoms with E-state index >= 15 is 0 Å². The highest BCUT2D eigenvalue weighted by Gasteiger charge is 2.13. The molecule has 0 radical (unpaired) electrons. The third-order valence-corrected chi connectivity index (χ3v) is 2.74. The Bertz CT molecular complexity index is 471. The Morgan fingerprint density at radius 2 is 1.94 bits per heavy atom. The molecule has 1 aromatic carbocycles. The molecular formula is C13H17N3. The number of aromatic nitrogens is 2. The van der Waals surface area contributed by atoms with Gasteiger partial charge in [0.15, 0.2) is 0 Å². The summed E-state index contributed by atoms with van der Waals surface area (Å²) < 4.78 is 1.76. The second-order valence-electron chi connectivity index (χ2n) is 3.95. The van der Waals surface area contributed by atoms with Crippen LogP contribution >= 0.6 is 0 Å². The molecule has 0 spiro atoms. The van der Waals surface area contributed by atoms with Crippen molar-refractivity contribution >= 4 is 5.82 Å². The number of benzene rings is 1. The van der Waals surface area contributed by atoms with Gasteiger partial charge in [-0.3, -0.25) is 4.68 Å². The lowest BCUT2D eigenvalue weighted by Gasteiger charge is -2.01. The van der Waals surface area contributed by atoms with Crippen molar-refractivity contribution < 1.29 is 0 Å². The van der Waals surface area contributed by atoms with Gasteiger partial charge in [-0.05, 0) is 6.42 Å². The molecule has 0 bridgehead atoms. The first-order chi connectivity index (χ1) is 7.74. The van der Waals surface area contributed by atoms with E-state index in [0.29, 0.717) is 0 Å². The van der Waals surface area contributed by atoms with Gasteiger partial charge in [0.2, 0.25) is 0 Å². The van der Waals surface area contributed by atoms with Crippen LogP contribution in [-0.4, -0.2) is 9.78 Å². The first-order valence-electron chi connectivity index (χ1n) is 5.60. The van der Waals surface area contributed by atoms with Crippen LogP contribution in [0.5, 0.6) is 0 Å². The van der Waals surface area contributed by atoms with Gasteiger partial charge in [-0.25, -0.2) is 0 Å². The van der Waals surface area contributed by atoms with Gasteiger partial charge in [0.25, 0.3) is 0 Å². The number of hydrogen-bond donors (Lipinski definition) is 1. The Labute approximate surface area is 95.9 Å². The standard InChI is InChI=1S/C13H17N3/c1-3-7-11-12(15-16(2)13(11)14)10-8-5-4-6-9-10/h4-6,8-9H,3,7,14H2,1-2H3. The zero-order valence-electron chi connectivity index (χ0n) is 9.77. The lowest BCUT2D eigenvalue weighted by Crippen LogP contribution is -1.99. The predicted molar refractivity (Wildman–Crippen MR) is 67.1 cm³/mol. The molecule has 0 saturated carbocycles. The maximum absolute atomic E-state index is 6.03. The minimum atomic E-state index is 0.778. The van der Waals surface area contributed by atoms with E-state index in [4.69, 9.17) is 5.73 Å². The quantitative estimate of drug-likeness (QED) is 0.855. The molecule has 0 aliphatic heterocycles. The summed E-state index contributed by atoms with van der Waals surface area (Å²) in [7, 11) is 1.89. The molecule has 0 saturated heterocycles. The van der Waals surface area contributed by atoms with Gasteiger partial charge >= 0.3 is 0 Å². The van der Waals surface area contributed by atoms with Crippen LogP contribution in [0.25, 0.3) is 11.3 Å². The van der Waals surface area contributed by atoms with Crippen LogP contribution in [0.1, 0.15) is 18.9 Å². The van der Waals surface area contributed by atoms with Crippen LogP contribution in [0.4, 0.5) is 5.82 Å². The summed E-state index contributed by atoms with van der Waals surface area (Å²) >= 11 is 0. The van der Waals surface area contributed by atoms with E-state index in [2.05, 4.69) is 24.2 Å². The molecule has 1 aromatic heterocycles. The van der Waals surface area contributed by atoms with Crippen molar-refractivity contribution in [2.45, 2.75) is 19.8 Å². The summed E-state index contributed by atoms with van der Waals surface area (Å²) in [5, 5.41) is 4.49. The highest BCUT2D eigenvalue weighted by Crippen LogP contribution is 2.27. The third kappa shape index (κ3) is 1.81. The van der Waals surface area contributed by atoms with E-state index < -0.39 is 0 Å². The Morgan fingerprint density at radius 3 is 2.56 bits per heavy atom. The van der Waals surface area contributed by atoms with Crippen LogP contribution in [0, 0.1) is 0 Å². The van der Waals surface area contributed by atoms with Crippen LogP contribution in [0.2, 0.25) is 0 Å². The number of hydrogen-bond acceptors (Lipinski definition) is 2. The van der Waals surface area contributed by atoms with E-state index in [1.165, 1.54) is 0 Å². The highest BCUT2D eigenvalue weighted by molar-refractivity contribution is 5.68. The average Bonchev–Trinajstić information content (AvgIpc) is 2.59. The molecule has 2 rings (SSSR count). The summed E-state index contributed by atoms with van der Waals surface area (Å²) in [4.78, 5) is 0. The van der Waals surface area contributed by atoms with Crippen LogP contribution < -0.4 is 5.73 Å². The number of nitrogens with zero attached hydrogens (tertiary/aromatic N) is 2. The summed E-state index contributed by atoms with van der Waals surface area (Å²) in [5.41, 5.74) is 9.34. The summed E-state index contributed by atoms with van der Waals surface area (Å²) in [5.74, 6) is 0.778. The molecule has 0 atom stereocenters. The van der Waals surface area contributed by atoms with Crippen LogP contribution in [0.3, 0.4) is 0 Å². The maximum Gasteiger partial charge on any atom is 0.125 e. The van der Waals surface area contributed by atoms with E-state index in [1.54, 1.807) is 4.68 Å². The fourth-order valence-corrected chi connectivity index (χ4v) is 1.91. The van der Waals surface area contributed by atoms with Gasteiger partial charge < -0.3 is 5.73 Å². The zero-order valence-corrected chi connectivity index (χ0v) is 9.77. The monoisotopic (exact) mass is 215 g/mol. The number of nitrogen functional groups attached to an aromatic ring is 1. The zero-order chi connectivity index (χ0) is 11.5. The number of aryl methyl sites for hydroxylation is 1. The molecule has 0 fully saturated rings. The van der Waals surface area contributed by atoms with Crippen LogP contribution in [0.15, 0.2) is 30.3 Å². The van der Waals surface area contributed by atoms with Crippen molar-refractivity contribution in [1.29, 1.82) is 0 Å². The molecule has 2 aromatic rings. The van der Waals surface area contributed by atoms with E-state index in [9.17, 15) is 0 Å². The van der Waals surface area contributed by atoms with E-state index in [0.717, 1.165) is 35.5 Å². The molecule has 1 heterocycles. The van der Waals surface area contributed by atoms with Gasteiger partial charge in [0.05, 0.1) is 5.69 Å². The van der Waals surface area contributed by atoms with Crippen molar-refractivity contribution in [2.24, 2.45) is 7.05 Å². The Hall–Kier alpha value is -1.77. The normalized spacial score (nSPS) is 10.6. The Kier molecular flexibility index (Phi) is 2.95. The van der Waals surface area contributed by atoms with Gasteiger partial charge in [0, 0.05) is 18.2 Å². The van der Waals surface area contributed by atoms with Crippen molar-refractivity contribution in [3.05, 3.63) is 35.9 Å². The van der Waals surface area contributed by atoms with Gasteiger partial charge in [0.1, 0.15) is 5.82 Å². The Balaban J connectivity index is 2.52. The fraction of sp³-hybridized carbons (Fsp3) is 0.308. The molecule has 3 nitrogen and oxygen atoms in total. The largest absolute Gasteiger partial charge is 0.384 e. The molecule has 2 N–H and O–H groups in total. The number of rotatable bonds is 3. The molecule has 3 heteroatoms. The van der Waals surface area contributed by atoms with Gasteiger partial charge in [-0.2, -0.15) is 5.10 Å². The minimum Gasteiger partial charge on any atom is -0.384 e. The predicted octanol–water partition coefficient (Wildman–Crippen LogP) is 2.62. The molecular weight excluding hydrogens is 198 g/mol. The summed E-state index contributed by atoms with van der Waals surface area (Å²) in [6.45, 7) is 2.15. The van der Waals surface area contributed by atoms with Gasteiger partial charge in [-0.1, -0.05) is 43.7 Å². The first-order valence-corrected chi connectivity index (χ1v) is 5.60. The Morgan fingerprint density at radius 1 is 1.25 bits per heavy atom. The van der Waals surface area contributed by atoms with Gasteiger partial charge in [-0.15, -0.1) is 0 Å². The molecule has 0 aliphatic rings. The summed E-state index contributed by atoms with van der Waals surface area (Å²) in [6.07, 6.45) is 2.06. The SMILES string of the molecule is CCCc1c(-c2ccccc2)nn(C)c1N. The third-order valence-electron chi connectivity index (χ3n) is 2.74. The number of nitrogens with two attached hydrogens (primary N) is 1. The van der Waals surface area contributed by atoms with Crippen molar-refractivity contribution in [3.8, 4) is 11.3 Å². The molecule has 0 aliphatic carbocycles. The lowest BCUT2D eigenvalue weighted by atomic mass is 10.0. The second-order valence-corrected chi connectivity index (χ2v) is 3.95. The molecule has 84 valence electrons. The average molecular weight is 215 g/mol. The maximum atomic E-state index is 6.03.